The van der Waals surface area contributed by atoms with Gasteiger partial charge in [-0.3, -0.25) is 0 Å². The lowest BCUT2D eigenvalue weighted by Crippen LogP contribution is -2.64. The van der Waals surface area contributed by atoms with E-state index in [2.05, 4.69) is 34.9 Å². The van der Waals surface area contributed by atoms with Crippen LogP contribution in [0.5, 0.6) is 0 Å². The van der Waals surface area contributed by atoms with Crippen molar-refractivity contribution in [3.8, 4) is 0 Å². The molecule has 72 valence electrons. The maximum Gasteiger partial charge on any atom is 0.115 e. The molecule has 2 heteroatoms. The Hall–Kier alpha value is -0.0800. The normalized spacial score (nSPS) is 41.2. The van der Waals surface area contributed by atoms with Crippen LogP contribution in [0.4, 0.5) is 0 Å². The van der Waals surface area contributed by atoms with Crippen LogP contribution < -0.4 is 0 Å². The molecule has 0 aromatic rings. The molecule has 1 aliphatic rings. The number of rotatable bonds is 1. The van der Waals surface area contributed by atoms with Crippen LogP contribution in [0.1, 0.15) is 27.2 Å². The number of hydrogen-bond donors (Lipinski definition) is 0. The molecule has 0 amide bonds. The Labute approximate surface area is 76.1 Å². The van der Waals surface area contributed by atoms with Gasteiger partial charge >= 0.3 is 0 Å². The number of ether oxygens (including phenoxy) is 1. The largest absolute Gasteiger partial charge is 0.366 e. The fourth-order valence-corrected chi connectivity index (χ4v) is 2.26. The molecule has 3 unspecified atom stereocenters. The molecule has 1 aliphatic heterocycles. The summed E-state index contributed by atoms with van der Waals surface area (Å²) in [6.45, 7) is 7.63. The zero-order valence-corrected chi connectivity index (χ0v) is 9.00. The third-order valence-electron chi connectivity index (χ3n) is 3.55. The van der Waals surface area contributed by atoms with Crippen molar-refractivity contribution in [3.63, 3.8) is 0 Å². The van der Waals surface area contributed by atoms with Crippen molar-refractivity contribution in [2.45, 2.75) is 45.4 Å². The smallest absolute Gasteiger partial charge is 0.115 e. The molecule has 1 saturated heterocycles. The molecule has 0 aromatic carbocycles. The quantitative estimate of drug-likeness (QED) is 0.546. The minimum atomic E-state index is 0.418. The van der Waals surface area contributed by atoms with Crippen molar-refractivity contribution in [3.05, 3.63) is 0 Å². The van der Waals surface area contributed by atoms with Crippen LogP contribution in [-0.2, 0) is 4.74 Å². The molecular formula is C10H22NO+. The fraction of sp³-hybridized carbons (Fsp3) is 1.00. The van der Waals surface area contributed by atoms with Gasteiger partial charge in [-0.05, 0) is 20.3 Å². The molecule has 0 saturated carbocycles. The number of nitrogens with zero attached hydrogens (tertiary/aromatic N) is 1. The zero-order chi connectivity index (χ0) is 9.35. The van der Waals surface area contributed by atoms with Gasteiger partial charge < -0.3 is 9.22 Å². The van der Waals surface area contributed by atoms with E-state index < -0.39 is 0 Å². The molecule has 12 heavy (non-hydrogen) atoms. The molecule has 0 spiro atoms. The van der Waals surface area contributed by atoms with E-state index in [1.807, 2.05) is 0 Å². The molecule has 1 heterocycles. The highest BCUT2D eigenvalue weighted by Gasteiger charge is 2.41. The molecule has 0 N–H and O–H groups in total. The summed E-state index contributed by atoms with van der Waals surface area (Å²) in [7, 11) is 4.63. The first-order valence-electron chi connectivity index (χ1n) is 4.95. The van der Waals surface area contributed by atoms with E-state index >= 15 is 0 Å². The van der Waals surface area contributed by atoms with E-state index in [4.69, 9.17) is 4.74 Å². The highest BCUT2D eigenvalue weighted by atomic mass is 16.5. The first-order chi connectivity index (χ1) is 5.50. The van der Waals surface area contributed by atoms with Crippen molar-refractivity contribution in [1.29, 1.82) is 0 Å². The van der Waals surface area contributed by atoms with Crippen molar-refractivity contribution >= 4 is 0 Å². The van der Waals surface area contributed by atoms with Crippen molar-refractivity contribution in [2.75, 3.05) is 20.7 Å². The van der Waals surface area contributed by atoms with Crippen LogP contribution in [-0.4, -0.2) is 43.4 Å². The Morgan fingerprint density at radius 2 is 1.92 bits per heavy atom. The van der Waals surface area contributed by atoms with E-state index in [1.54, 1.807) is 0 Å². The van der Waals surface area contributed by atoms with E-state index in [0.29, 0.717) is 18.2 Å². The lowest BCUT2D eigenvalue weighted by molar-refractivity contribution is -0.949. The van der Waals surface area contributed by atoms with Gasteiger partial charge in [0.05, 0.1) is 20.7 Å². The third-order valence-corrected chi connectivity index (χ3v) is 3.55. The van der Waals surface area contributed by atoms with Gasteiger partial charge in [-0.2, -0.15) is 0 Å². The topological polar surface area (TPSA) is 9.23 Å². The summed E-state index contributed by atoms with van der Waals surface area (Å²) in [4.78, 5) is 0. The Morgan fingerprint density at radius 1 is 1.33 bits per heavy atom. The lowest BCUT2D eigenvalue weighted by Gasteiger charge is -2.48. The maximum atomic E-state index is 5.71. The second-order valence-electron chi connectivity index (χ2n) is 4.49. The highest BCUT2D eigenvalue weighted by Crippen LogP contribution is 2.25. The van der Waals surface area contributed by atoms with Crippen LogP contribution in [0.3, 0.4) is 0 Å². The van der Waals surface area contributed by atoms with Crippen LogP contribution in [0, 0.1) is 0 Å². The van der Waals surface area contributed by atoms with E-state index in [-0.39, 0.29) is 0 Å². The van der Waals surface area contributed by atoms with Gasteiger partial charge in [0.1, 0.15) is 18.2 Å². The summed E-state index contributed by atoms with van der Waals surface area (Å²) in [5.41, 5.74) is 0. The van der Waals surface area contributed by atoms with Crippen LogP contribution in [0.2, 0.25) is 0 Å². The van der Waals surface area contributed by atoms with Gasteiger partial charge in [-0.15, -0.1) is 0 Å². The molecule has 1 fully saturated rings. The second kappa shape index (κ2) is 3.35. The van der Waals surface area contributed by atoms with Crippen molar-refractivity contribution < 1.29 is 9.22 Å². The maximum absolute atomic E-state index is 5.71. The number of quaternary nitrogens is 1. The predicted molar refractivity (Wildman–Crippen MR) is 51.1 cm³/mol. The Kier molecular flexibility index (Phi) is 2.79. The standard InChI is InChI=1S/C10H22NO/c1-6-10-9(3)12-7-8(2)11(10,4)5/h8-10H,6-7H2,1-5H3/q+1. The molecular weight excluding hydrogens is 150 g/mol. The average molecular weight is 172 g/mol. The van der Waals surface area contributed by atoms with Gasteiger partial charge in [0.2, 0.25) is 0 Å². The minimum Gasteiger partial charge on any atom is -0.366 e. The molecule has 0 aliphatic carbocycles. The molecule has 0 bridgehead atoms. The van der Waals surface area contributed by atoms with Gasteiger partial charge in [0.25, 0.3) is 0 Å². The van der Waals surface area contributed by atoms with Crippen LogP contribution in [0.15, 0.2) is 0 Å². The van der Waals surface area contributed by atoms with Gasteiger partial charge in [-0.1, -0.05) is 6.92 Å². The summed E-state index contributed by atoms with van der Waals surface area (Å²) in [5, 5.41) is 0. The van der Waals surface area contributed by atoms with E-state index in [1.165, 1.54) is 6.42 Å². The number of morpholine rings is 1. The Balaban J connectivity index is 2.76. The summed E-state index contributed by atoms with van der Waals surface area (Å²) in [5.74, 6) is 0. The van der Waals surface area contributed by atoms with Gasteiger partial charge in [0.15, 0.2) is 0 Å². The predicted octanol–water partition coefficient (Wildman–Crippen LogP) is 1.65. The van der Waals surface area contributed by atoms with Crippen molar-refractivity contribution in [2.24, 2.45) is 0 Å². The minimum absolute atomic E-state index is 0.418. The summed E-state index contributed by atoms with van der Waals surface area (Å²) >= 11 is 0. The molecule has 3 atom stereocenters. The Morgan fingerprint density at radius 3 is 2.33 bits per heavy atom. The first kappa shape index (κ1) is 10.0. The van der Waals surface area contributed by atoms with E-state index in [9.17, 15) is 0 Å². The first-order valence-corrected chi connectivity index (χ1v) is 4.95. The van der Waals surface area contributed by atoms with Gasteiger partial charge in [-0.25, -0.2) is 0 Å². The SMILES string of the molecule is CCC1C(C)OCC(C)[N+]1(C)C. The molecule has 2 nitrogen and oxygen atoms in total. The third kappa shape index (κ3) is 1.50. The van der Waals surface area contributed by atoms with Crippen LogP contribution in [0.25, 0.3) is 0 Å². The van der Waals surface area contributed by atoms with Crippen molar-refractivity contribution in [1.82, 2.24) is 0 Å². The summed E-state index contributed by atoms with van der Waals surface area (Å²) < 4.78 is 6.82. The number of likely N-dealkylation sites (N-methyl/N-ethyl adjacent to an activating group) is 1. The van der Waals surface area contributed by atoms with E-state index in [0.717, 1.165) is 11.1 Å². The highest BCUT2D eigenvalue weighted by molar-refractivity contribution is 4.72. The zero-order valence-electron chi connectivity index (χ0n) is 9.00. The molecule has 0 aromatic heterocycles. The summed E-state index contributed by atoms with van der Waals surface area (Å²) in [6.07, 6.45) is 1.62. The monoisotopic (exact) mass is 172 g/mol. The second-order valence-corrected chi connectivity index (χ2v) is 4.49. The Bertz CT molecular complexity index is 156. The fourth-order valence-electron chi connectivity index (χ4n) is 2.26. The van der Waals surface area contributed by atoms with Crippen LogP contribution >= 0.6 is 0 Å². The summed E-state index contributed by atoms with van der Waals surface area (Å²) in [6, 6.07) is 1.29. The molecule has 1 rings (SSSR count). The average Bonchev–Trinajstić information content (AvgIpc) is 1.98. The number of hydrogen-bond acceptors (Lipinski definition) is 1. The lowest BCUT2D eigenvalue weighted by atomic mass is 10.0. The van der Waals surface area contributed by atoms with Gasteiger partial charge in [0, 0.05) is 0 Å². The molecule has 0 radical (unpaired) electrons.